The second-order valence-corrected chi connectivity index (χ2v) is 5.22. The van der Waals surface area contributed by atoms with Gasteiger partial charge in [-0.3, -0.25) is 0 Å². The summed E-state index contributed by atoms with van der Waals surface area (Å²) in [5, 5.41) is 5.07. The summed E-state index contributed by atoms with van der Waals surface area (Å²) >= 11 is 7.59. The van der Waals surface area contributed by atoms with Crippen LogP contribution in [0, 0.1) is 6.92 Å². The Hall–Kier alpha value is -1.39. The summed E-state index contributed by atoms with van der Waals surface area (Å²) in [6.45, 7) is 2.07. The van der Waals surface area contributed by atoms with Crippen molar-refractivity contribution in [1.82, 2.24) is 14.6 Å². The molecule has 3 aromatic rings. The predicted octanol–water partition coefficient (Wildman–Crippen LogP) is 3.42. The minimum atomic E-state index is 0.675. The van der Waals surface area contributed by atoms with Crippen LogP contribution in [0.5, 0.6) is 0 Å². The average Bonchev–Trinajstić information content (AvgIpc) is 2.83. The van der Waals surface area contributed by atoms with Crippen LogP contribution in [0.15, 0.2) is 30.5 Å². The highest BCUT2D eigenvalue weighted by molar-refractivity contribution is 7.15. The molecule has 80 valence electrons. The van der Waals surface area contributed by atoms with Crippen molar-refractivity contribution in [3.8, 4) is 10.7 Å². The van der Waals surface area contributed by atoms with Gasteiger partial charge in [-0.15, -0.1) is 16.4 Å². The number of nitrogens with zero attached hydrogens (tertiary/aromatic N) is 3. The maximum Gasteiger partial charge on any atom is 0.192 e. The van der Waals surface area contributed by atoms with Crippen molar-refractivity contribution >= 4 is 28.6 Å². The van der Waals surface area contributed by atoms with Gasteiger partial charge in [0.1, 0.15) is 0 Å². The van der Waals surface area contributed by atoms with Crippen LogP contribution in [-0.4, -0.2) is 14.6 Å². The molecule has 0 saturated heterocycles. The Labute approximate surface area is 101 Å². The van der Waals surface area contributed by atoms with Crippen LogP contribution < -0.4 is 0 Å². The molecule has 0 aromatic carbocycles. The summed E-state index contributed by atoms with van der Waals surface area (Å²) in [5.74, 6) is 0.750. The van der Waals surface area contributed by atoms with E-state index in [4.69, 9.17) is 11.6 Å². The van der Waals surface area contributed by atoms with Crippen LogP contribution in [0.25, 0.3) is 16.3 Å². The van der Waals surface area contributed by atoms with E-state index in [-0.39, 0.29) is 0 Å². The Morgan fingerprint density at radius 1 is 1.31 bits per heavy atom. The molecule has 0 saturated carbocycles. The molecule has 16 heavy (non-hydrogen) atoms. The van der Waals surface area contributed by atoms with E-state index in [1.54, 1.807) is 28.0 Å². The quantitative estimate of drug-likeness (QED) is 0.662. The normalized spacial score (nSPS) is 11.1. The molecule has 3 nitrogen and oxygen atoms in total. The fourth-order valence-corrected chi connectivity index (χ4v) is 2.47. The number of thiophene rings is 1. The first-order chi connectivity index (χ1) is 7.72. The molecule has 0 bridgehead atoms. The minimum absolute atomic E-state index is 0.675. The number of aryl methyl sites for hydroxylation is 1. The molecule has 0 N–H and O–H groups in total. The number of hydrogen-bond donors (Lipinski definition) is 0. The molecule has 3 aromatic heterocycles. The standard InChI is InChI=1S/C11H8ClN3S/c1-7-2-3-9(16-7)11-13-10-6-8(12)4-5-15(10)14-11/h2-6H,1H3. The smallest absolute Gasteiger partial charge is 0.192 e. The zero-order chi connectivity index (χ0) is 11.1. The maximum absolute atomic E-state index is 5.90. The Bertz CT molecular complexity index is 656. The third-order valence-corrected chi connectivity index (χ3v) is 3.49. The molecule has 3 rings (SSSR count). The molecule has 0 amide bonds. The molecule has 5 heteroatoms. The molecular formula is C11H8ClN3S. The topological polar surface area (TPSA) is 30.2 Å². The van der Waals surface area contributed by atoms with E-state index in [0.29, 0.717) is 5.02 Å². The van der Waals surface area contributed by atoms with Crippen LogP contribution in [-0.2, 0) is 0 Å². The van der Waals surface area contributed by atoms with Crippen LogP contribution in [0.2, 0.25) is 5.02 Å². The summed E-state index contributed by atoms with van der Waals surface area (Å²) in [7, 11) is 0. The Balaban J connectivity index is 2.18. The average molecular weight is 250 g/mol. The fourth-order valence-electron chi connectivity index (χ4n) is 1.52. The van der Waals surface area contributed by atoms with E-state index in [1.165, 1.54) is 4.88 Å². The van der Waals surface area contributed by atoms with Crippen LogP contribution in [0.4, 0.5) is 0 Å². The predicted molar refractivity (Wildman–Crippen MR) is 66.0 cm³/mol. The first-order valence-electron chi connectivity index (χ1n) is 4.81. The van der Waals surface area contributed by atoms with Crippen molar-refractivity contribution in [2.75, 3.05) is 0 Å². The van der Waals surface area contributed by atoms with Gasteiger partial charge in [-0.2, -0.15) is 0 Å². The summed E-state index contributed by atoms with van der Waals surface area (Å²) in [6.07, 6.45) is 1.81. The van der Waals surface area contributed by atoms with Gasteiger partial charge in [0, 0.05) is 22.2 Å². The lowest BCUT2D eigenvalue weighted by Gasteiger charge is -1.89. The SMILES string of the molecule is Cc1ccc(-c2nc3cc(Cl)ccn3n2)s1. The summed E-state index contributed by atoms with van der Waals surface area (Å²) < 4.78 is 1.73. The van der Waals surface area contributed by atoms with Crippen LogP contribution in [0.1, 0.15) is 4.88 Å². The number of fused-ring (bicyclic) bond motifs is 1. The van der Waals surface area contributed by atoms with Gasteiger partial charge >= 0.3 is 0 Å². The van der Waals surface area contributed by atoms with E-state index < -0.39 is 0 Å². The lowest BCUT2D eigenvalue weighted by molar-refractivity contribution is 0.967. The van der Waals surface area contributed by atoms with Gasteiger partial charge in [0.05, 0.1) is 4.88 Å². The monoisotopic (exact) mass is 249 g/mol. The highest BCUT2D eigenvalue weighted by Gasteiger charge is 2.08. The van der Waals surface area contributed by atoms with E-state index >= 15 is 0 Å². The molecule has 0 aliphatic carbocycles. The van der Waals surface area contributed by atoms with Crippen molar-refractivity contribution in [3.63, 3.8) is 0 Å². The van der Waals surface area contributed by atoms with Crippen molar-refractivity contribution in [2.45, 2.75) is 6.92 Å². The van der Waals surface area contributed by atoms with E-state index in [9.17, 15) is 0 Å². The van der Waals surface area contributed by atoms with Gasteiger partial charge in [-0.25, -0.2) is 9.50 Å². The molecular weight excluding hydrogens is 242 g/mol. The van der Waals surface area contributed by atoms with E-state index in [2.05, 4.69) is 23.1 Å². The maximum atomic E-state index is 5.90. The first kappa shape index (κ1) is 9.81. The number of halogens is 1. The molecule has 0 aliphatic rings. The number of rotatable bonds is 1. The third kappa shape index (κ3) is 1.60. The van der Waals surface area contributed by atoms with Crippen molar-refractivity contribution in [3.05, 3.63) is 40.4 Å². The van der Waals surface area contributed by atoms with Gasteiger partial charge in [-0.05, 0) is 25.1 Å². The lowest BCUT2D eigenvalue weighted by Crippen LogP contribution is -1.84. The van der Waals surface area contributed by atoms with Gasteiger partial charge in [0.25, 0.3) is 0 Å². The number of hydrogen-bond acceptors (Lipinski definition) is 3. The van der Waals surface area contributed by atoms with E-state index in [1.807, 2.05) is 12.3 Å². The van der Waals surface area contributed by atoms with Crippen molar-refractivity contribution < 1.29 is 0 Å². The molecule has 0 aliphatic heterocycles. The van der Waals surface area contributed by atoms with Crippen LogP contribution in [0.3, 0.4) is 0 Å². The summed E-state index contributed by atoms with van der Waals surface area (Å²) in [4.78, 5) is 6.77. The zero-order valence-corrected chi connectivity index (χ0v) is 10.1. The molecule has 0 unspecified atom stereocenters. The molecule has 0 atom stereocenters. The highest BCUT2D eigenvalue weighted by Crippen LogP contribution is 2.25. The second-order valence-electron chi connectivity index (χ2n) is 3.49. The highest BCUT2D eigenvalue weighted by atomic mass is 35.5. The molecule has 0 fully saturated rings. The summed E-state index contributed by atoms with van der Waals surface area (Å²) in [6, 6.07) is 7.71. The van der Waals surface area contributed by atoms with Gasteiger partial charge in [0.15, 0.2) is 11.5 Å². The third-order valence-electron chi connectivity index (χ3n) is 2.26. The molecule has 0 spiro atoms. The van der Waals surface area contributed by atoms with Crippen molar-refractivity contribution in [2.24, 2.45) is 0 Å². The summed E-state index contributed by atoms with van der Waals surface area (Å²) in [5.41, 5.74) is 0.772. The minimum Gasteiger partial charge on any atom is -0.220 e. The van der Waals surface area contributed by atoms with E-state index in [0.717, 1.165) is 16.3 Å². The number of aromatic nitrogens is 3. The Morgan fingerprint density at radius 3 is 2.94 bits per heavy atom. The first-order valence-corrected chi connectivity index (χ1v) is 6.00. The van der Waals surface area contributed by atoms with Gasteiger partial charge < -0.3 is 0 Å². The van der Waals surface area contributed by atoms with Gasteiger partial charge in [0.2, 0.25) is 0 Å². The fraction of sp³-hybridized carbons (Fsp3) is 0.0909. The molecule has 3 heterocycles. The van der Waals surface area contributed by atoms with Gasteiger partial charge in [-0.1, -0.05) is 11.6 Å². The molecule has 0 radical (unpaired) electrons. The lowest BCUT2D eigenvalue weighted by atomic mass is 10.4. The van der Waals surface area contributed by atoms with Crippen LogP contribution >= 0.6 is 22.9 Å². The zero-order valence-electron chi connectivity index (χ0n) is 8.51. The van der Waals surface area contributed by atoms with Crippen molar-refractivity contribution in [1.29, 1.82) is 0 Å². The second kappa shape index (κ2) is 3.57. The largest absolute Gasteiger partial charge is 0.220 e. The Morgan fingerprint density at radius 2 is 2.19 bits per heavy atom. The Kier molecular flexibility index (Phi) is 2.19. The number of pyridine rings is 1.